The Balaban J connectivity index is 0.000000914. The monoisotopic (exact) mass is 451 g/mol. The molecule has 5 heteroatoms. The van der Waals surface area contributed by atoms with Gasteiger partial charge in [-0.1, -0.05) is 37.3 Å². The van der Waals surface area contributed by atoms with Crippen LogP contribution in [0.25, 0.3) is 0 Å². The number of hydrogen-bond donors (Lipinski definition) is 0. The number of rotatable bonds is 5. The van der Waals surface area contributed by atoms with Crippen LogP contribution in [0.2, 0.25) is 0 Å². The van der Waals surface area contributed by atoms with Crippen molar-refractivity contribution in [3.63, 3.8) is 0 Å². The number of nitrogens with zero attached hydrogens (tertiary/aromatic N) is 1. The molecule has 3 aromatic rings. The number of carbonyl (C=O) groups is 2. The summed E-state index contributed by atoms with van der Waals surface area (Å²) >= 11 is 0. The molecule has 0 amide bonds. The van der Waals surface area contributed by atoms with E-state index in [0.29, 0.717) is 6.42 Å². The summed E-state index contributed by atoms with van der Waals surface area (Å²) in [6.45, 7) is 8.04. The molecule has 1 heterocycles. The van der Waals surface area contributed by atoms with E-state index < -0.39 is 0 Å². The van der Waals surface area contributed by atoms with Crippen molar-refractivity contribution in [2.24, 2.45) is 0 Å². The molecule has 0 saturated heterocycles. The predicted octanol–water partition coefficient (Wildman–Crippen LogP) is 6.55. The second-order valence-corrected chi connectivity index (χ2v) is 7.99. The topological polar surface area (TPSA) is 37.4 Å². The third kappa shape index (κ3) is 6.35. The Morgan fingerprint density at radius 1 is 0.939 bits per heavy atom. The highest BCUT2D eigenvalue weighted by atomic mass is 19.1. The first-order chi connectivity index (χ1) is 16.0. The number of carbonyl (C=O) groups excluding carboxylic acids is 2. The van der Waals surface area contributed by atoms with E-state index in [2.05, 4.69) is 36.1 Å². The van der Waals surface area contributed by atoms with Crippen molar-refractivity contribution in [1.82, 2.24) is 0 Å². The molecule has 0 spiro atoms. The average Bonchev–Trinajstić information content (AvgIpc) is 2.85. The third-order valence-electron chi connectivity index (χ3n) is 6.00. The Bertz CT molecular complexity index is 1030. The predicted molar refractivity (Wildman–Crippen MR) is 130 cm³/mol. The summed E-state index contributed by atoms with van der Waals surface area (Å²) < 4.78 is 28.4. The second kappa shape index (κ2) is 12.6. The fraction of sp³-hybridized carbons (Fsp3) is 0.286. The Labute approximate surface area is 195 Å². The average molecular weight is 452 g/mol. The van der Waals surface area contributed by atoms with E-state index in [4.69, 9.17) is 9.59 Å². The van der Waals surface area contributed by atoms with Gasteiger partial charge < -0.3 is 14.5 Å². The lowest BCUT2D eigenvalue weighted by Crippen LogP contribution is -2.36. The standard InChI is InChI=1S/C26H27F2N.2CH2O/c1-3-19-5-12-23(13-6-19)29-24(14-9-20-7-4-18(2)16-25(20)28)15-10-21-8-11-22(27)17-26(21)29;2*1-2/h4-8,11-13,16-17,24H,3,9-10,14-15H2,1-2H3;2*1H2. The summed E-state index contributed by atoms with van der Waals surface area (Å²) in [5, 5.41) is 0. The smallest absolute Gasteiger partial charge is 0.126 e. The number of anilines is 2. The van der Waals surface area contributed by atoms with Crippen LogP contribution < -0.4 is 4.90 Å². The molecular formula is C28H31F2NO2. The minimum absolute atomic E-state index is 0.133. The van der Waals surface area contributed by atoms with Crippen LogP contribution in [0, 0.1) is 18.6 Å². The fourth-order valence-corrected chi connectivity index (χ4v) is 4.31. The van der Waals surface area contributed by atoms with Crippen molar-refractivity contribution in [2.75, 3.05) is 4.90 Å². The van der Waals surface area contributed by atoms with Crippen molar-refractivity contribution >= 4 is 25.0 Å². The van der Waals surface area contributed by atoms with Gasteiger partial charge in [-0.3, -0.25) is 0 Å². The fourth-order valence-electron chi connectivity index (χ4n) is 4.31. The third-order valence-corrected chi connectivity index (χ3v) is 6.00. The zero-order chi connectivity index (χ0) is 24.4. The molecule has 1 atom stereocenters. The zero-order valence-corrected chi connectivity index (χ0v) is 19.3. The van der Waals surface area contributed by atoms with Crippen LogP contribution in [0.1, 0.15) is 42.0 Å². The Morgan fingerprint density at radius 3 is 2.27 bits per heavy atom. The quantitative estimate of drug-likeness (QED) is 0.441. The van der Waals surface area contributed by atoms with Gasteiger partial charge in [0.15, 0.2) is 0 Å². The van der Waals surface area contributed by atoms with Gasteiger partial charge in [-0.2, -0.15) is 0 Å². The van der Waals surface area contributed by atoms with Crippen molar-refractivity contribution in [2.45, 2.75) is 52.0 Å². The van der Waals surface area contributed by atoms with Gasteiger partial charge in [0.1, 0.15) is 25.2 Å². The molecule has 3 nitrogen and oxygen atoms in total. The van der Waals surface area contributed by atoms with Crippen LogP contribution in [0.3, 0.4) is 0 Å². The summed E-state index contributed by atoms with van der Waals surface area (Å²) in [4.78, 5) is 18.3. The van der Waals surface area contributed by atoms with Crippen molar-refractivity contribution < 1.29 is 18.4 Å². The second-order valence-electron chi connectivity index (χ2n) is 7.99. The Kier molecular flexibility index (Phi) is 9.92. The first kappa shape index (κ1) is 25.9. The maximum absolute atomic E-state index is 14.3. The maximum Gasteiger partial charge on any atom is 0.126 e. The lowest BCUT2D eigenvalue weighted by atomic mass is 9.91. The molecule has 1 unspecified atom stereocenters. The van der Waals surface area contributed by atoms with E-state index in [9.17, 15) is 8.78 Å². The van der Waals surface area contributed by atoms with Crippen LogP contribution in [-0.4, -0.2) is 19.6 Å². The number of hydrogen-bond acceptors (Lipinski definition) is 3. The van der Waals surface area contributed by atoms with E-state index in [1.165, 1.54) is 11.1 Å². The van der Waals surface area contributed by atoms with Gasteiger partial charge in [-0.05, 0) is 91.6 Å². The molecule has 0 bridgehead atoms. The van der Waals surface area contributed by atoms with Crippen molar-refractivity contribution in [3.8, 4) is 0 Å². The molecule has 33 heavy (non-hydrogen) atoms. The van der Waals surface area contributed by atoms with Crippen LogP contribution in [0.5, 0.6) is 0 Å². The van der Waals surface area contributed by atoms with Gasteiger partial charge >= 0.3 is 0 Å². The van der Waals surface area contributed by atoms with E-state index in [0.717, 1.165) is 48.2 Å². The molecule has 4 rings (SSSR count). The highest BCUT2D eigenvalue weighted by molar-refractivity contribution is 5.69. The first-order valence-corrected chi connectivity index (χ1v) is 11.0. The summed E-state index contributed by atoms with van der Waals surface area (Å²) in [5.74, 6) is -0.352. The minimum Gasteiger partial charge on any atom is -0.338 e. The summed E-state index contributed by atoms with van der Waals surface area (Å²) in [6.07, 6.45) is 4.37. The van der Waals surface area contributed by atoms with E-state index in [-0.39, 0.29) is 17.7 Å². The lowest BCUT2D eigenvalue weighted by Gasteiger charge is -2.39. The Hall–Kier alpha value is -3.34. The molecule has 0 fully saturated rings. The molecular weight excluding hydrogens is 420 g/mol. The molecule has 0 N–H and O–H groups in total. The van der Waals surface area contributed by atoms with Gasteiger partial charge in [0.05, 0.1) is 0 Å². The van der Waals surface area contributed by atoms with Crippen LogP contribution in [0.15, 0.2) is 60.7 Å². The lowest BCUT2D eigenvalue weighted by molar-refractivity contribution is -0.0987. The first-order valence-electron chi connectivity index (χ1n) is 11.0. The molecule has 3 aromatic carbocycles. The SMILES string of the molecule is C=O.C=O.CCc1ccc(N2c3cc(F)ccc3CCC2CCc2ccc(C)cc2F)cc1. The minimum atomic E-state index is -0.218. The largest absolute Gasteiger partial charge is 0.338 e. The van der Waals surface area contributed by atoms with E-state index in [1.807, 2.05) is 38.7 Å². The zero-order valence-electron chi connectivity index (χ0n) is 19.3. The maximum atomic E-state index is 14.3. The molecule has 174 valence electrons. The highest BCUT2D eigenvalue weighted by Crippen LogP contribution is 2.39. The summed E-state index contributed by atoms with van der Waals surface area (Å²) in [5.41, 5.74) is 6.15. The van der Waals surface area contributed by atoms with E-state index >= 15 is 0 Å². The van der Waals surface area contributed by atoms with Crippen molar-refractivity contribution in [3.05, 3.63) is 94.6 Å². The molecule has 0 radical (unpaired) electrons. The normalized spacial score (nSPS) is 14.3. The van der Waals surface area contributed by atoms with E-state index in [1.54, 1.807) is 18.2 Å². The summed E-state index contributed by atoms with van der Waals surface area (Å²) in [6, 6.07) is 19.3. The summed E-state index contributed by atoms with van der Waals surface area (Å²) in [7, 11) is 0. The molecule has 1 aliphatic rings. The molecule has 0 aromatic heterocycles. The molecule has 0 saturated carbocycles. The number of aryl methyl sites for hydroxylation is 4. The van der Waals surface area contributed by atoms with Crippen LogP contribution in [0.4, 0.5) is 20.2 Å². The van der Waals surface area contributed by atoms with Gasteiger partial charge in [-0.15, -0.1) is 0 Å². The highest BCUT2D eigenvalue weighted by Gasteiger charge is 2.28. The van der Waals surface area contributed by atoms with Gasteiger partial charge in [0, 0.05) is 17.4 Å². The van der Waals surface area contributed by atoms with Crippen molar-refractivity contribution in [1.29, 1.82) is 0 Å². The molecule has 0 aliphatic carbocycles. The van der Waals surface area contributed by atoms with Gasteiger partial charge in [0.2, 0.25) is 0 Å². The molecule has 1 aliphatic heterocycles. The number of benzene rings is 3. The number of halogens is 2. The number of fused-ring (bicyclic) bond motifs is 1. The Morgan fingerprint density at radius 2 is 1.64 bits per heavy atom. The van der Waals surface area contributed by atoms with Gasteiger partial charge in [-0.25, -0.2) is 8.78 Å². The van der Waals surface area contributed by atoms with Crippen LogP contribution >= 0.6 is 0 Å². The van der Waals surface area contributed by atoms with Gasteiger partial charge in [0.25, 0.3) is 0 Å². The van der Waals surface area contributed by atoms with Crippen LogP contribution in [-0.2, 0) is 28.9 Å².